The van der Waals surface area contributed by atoms with Crippen LogP contribution in [0.5, 0.6) is 5.75 Å². The maximum absolute atomic E-state index is 12.3. The molecule has 0 heterocycles. The molecule has 0 fully saturated rings. The van der Waals surface area contributed by atoms with Crippen molar-refractivity contribution in [2.24, 2.45) is 0 Å². The zero-order valence-corrected chi connectivity index (χ0v) is 11.4. The van der Waals surface area contributed by atoms with Gasteiger partial charge in [0, 0.05) is 12.0 Å². The van der Waals surface area contributed by atoms with Gasteiger partial charge in [-0.25, -0.2) is 8.42 Å². The number of alkyl halides is 2. The number of aliphatic hydroxyl groups excluding tert-OH is 1. The van der Waals surface area contributed by atoms with Crippen LogP contribution < -0.4 is 9.46 Å². The van der Waals surface area contributed by atoms with Crippen LogP contribution in [0.2, 0.25) is 0 Å². The Bertz CT molecular complexity index is 620. The monoisotopic (exact) mass is 305 g/mol. The van der Waals surface area contributed by atoms with E-state index in [1.54, 1.807) is 10.8 Å². The fourth-order valence-electron chi connectivity index (χ4n) is 1.28. The maximum atomic E-state index is 12.3. The molecule has 0 spiro atoms. The molecule has 0 aliphatic rings. The van der Waals surface area contributed by atoms with Crippen molar-refractivity contribution >= 4 is 15.7 Å². The van der Waals surface area contributed by atoms with E-state index in [1.165, 1.54) is 19.2 Å². The number of methoxy groups -OCH3 is 1. The molecule has 0 bridgehead atoms. The van der Waals surface area contributed by atoms with E-state index in [0.717, 1.165) is 0 Å². The molecule has 0 atom stereocenters. The van der Waals surface area contributed by atoms with Crippen molar-refractivity contribution in [3.8, 4) is 17.6 Å². The minimum Gasteiger partial charge on any atom is -0.495 e. The first-order valence-electron chi connectivity index (χ1n) is 5.48. The second-order valence-corrected chi connectivity index (χ2v) is 5.25. The van der Waals surface area contributed by atoms with Crippen molar-refractivity contribution in [3.05, 3.63) is 23.8 Å². The lowest BCUT2D eigenvalue weighted by molar-refractivity contribution is 0.236. The molecule has 0 saturated heterocycles. The number of hydrogen-bond donors (Lipinski definition) is 2. The van der Waals surface area contributed by atoms with E-state index >= 15 is 0 Å². The van der Waals surface area contributed by atoms with Crippen LogP contribution in [0.3, 0.4) is 0 Å². The van der Waals surface area contributed by atoms with Crippen LogP contribution in [0.1, 0.15) is 12.0 Å². The van der Waals surface area contributed by atoms with Crippen molar-refractivity contribution in [2.45, 2.75) is 12.2 Å². The van der Waals surface area contributed by atoms with Crippen LogP contribution in [-0.2, 0) is 10.0 Å². The molecule has 5 nitrogen and oxygen atoms in total. The van der Waals surface area contributed by atoms with Gasteiger partial charge in [-0.3, -0.25) is 4.72 Å². The summed E-state index contributed by atoms with van der Waals surface area (Å²) < 4.78 is 53.6. The van der Waals surface area contributed by atoms with Crippen LogP contribution in [-0.4, -0.2) is 33.0 Å². The van der Waals surface area contributed by atoms with Crippen LogP contribution >= 0.6 is 0 Å². The summed E-state index contributed by atoms with van der Waals surface area (Å²) >= 11 is 0. The molecule has 1 aromatic carbocycles. The van der Waals surface area contributed by atoms with Gasteiger partial charge in [-0.15, -0.1) is 0 Å². The number of ether oxygens (including phenoxy) is 1. The number of anilines is 1. The third-order valence-corrected chi connectivity index (χ3v) is 3.13. The Morgan fingerprint density at radius 3 is 2.70 bits per heavy atom. The van der Waals surface area contributed by atoms with E-state index in [4.69, 9.17) is 9.84 Å². The van der Waals surface area contributed by atoms with Gasteiger partial charge in [0.15, 0.2) is 0 Å². The zero-order chi connectivity index (χ0) is 15.2. The minimum absolute atomic E-state index is 0.0990. The fraction of sp³-hybridized carbons (Fsp3) is 0.333. The number of hydrogen-bond acceptors (Lipinski definition) is 4. The van der Waals surface area contributed by atoms with E-state index in [9.17, 15) is 17.2 Å². The first-order chi connectivity index (χ1) is 9.40. The van der Waals surface area contributed by atoms with Gasteiger partial charge in [0.05, 0.1) is 19.4 Å². The molecule has 0 aliphatic heterocycles. The van der Waals surface area contributed by atoms with Crippen molar-refractivity contribution in [1.29, 1.82) is 0 Å². The van der Waals surface area contributed by atoms with E-state index in [2.05, 4.69) is 11.8 Å². The zero-order valence-electron chi connectivity index (χ0n) is 10.6. The van der Waals surface area contributed by atoms with E-state index in [-0.39, 0.29) is 24.5 Å². The number of nitrogens with one attached hydrogen (secondary N) is 1. The van der Waals surface area contributed by atoms with Crippen molar-refractivity contribution in [1.82, 2.24) is 0 Å². The van der Waals surface area contributed by atoms with Gasteiger partial charge in [0.25, 0.3) is 10.0 Å². The van der Waals surface area contributed by atoms with E-state index < -0.39 is 15.8 Å². The molecule has 1 rings (SSSR count). The summed E-state index contributed by atoms with van der Waals surface area (Å²) in [5.41, 5.74) is 0.287. The van der Waals surface area contributed by atoms with Gasteiger partial charge >= 0.3 is 5.76 Å². The molecular weight excluding hydrogens is 292 g/mol. The summed E-state index contributed by atoms with van der Waals surface area (Å²) in [7, 11) is -3.49. The average Bonchev–Trinajstić information content (AvgIpc) is 2.39. The van der Waals surface area contributed by atoms with Gasteiger partial charge in [-0.1, -0.05) is 11.8 Å². The lowest BCUT2D eigenvalue weighted by Gasteiger charge is -2.11. The molecule has 0 saturated carbocycles. The number of halogens is 2. The molecular formula is C12H13F2NO4S. The minimum atomic E-state index is -4.78. The molecule has 0 amide bonds. The predicted molar refractivity (Wildman–Crippen MR) is 70.1 cm³/mol. The van der Waals surface area contributed by atoms with Crippen molar-refractivity contribution < 1.29 is 27.0 Å². The van der Waals surface area contributed by atoms with Crippen LogP contribution in [0.25, 0.3) is 0 Å². The topological polar surface area (TPSA) is 75.6 Å². The SMILES string of the molecule is COc1ccc(C#CCCO)cc1NS(=O)(=O)C(F)F. The summed E-state index contributed by atoms with van der Waals surface area (Å²) in [4.78, 5) is 0. The molecule has 0 unspecified atom stereocenters. The van der Waals surface area contributed by atoms with Crippen LogP contribution in [0.4, 0.5) is 14.5 Å². The lowest BCUT2D eigenvalue weighted by atomic mass is 10.2. The Morgan fingerprint density at radius 2 is 2.15 bits per heavy atom. The van der Waals surface area contributed by atoms with Crippen molar-refractivity contribution in [3.63, 3.8) is 0 Å². The molecule has 110 valence electrons. The third-order valence-electron chi connectivity index (χ3n) is 2.16. The normalized spacial score (nSPS) is 10.8. The lowest BCUT2D eigenvalue weighted by Crippen LogP contribution is -2.20. The highest BCUT2D eigenvalue weighted by atomic mass is 32.2. The molecule has 8 heteroatoms. The van der Waals surface area contributed by atoms with E-state index in [0.29, 0.717) is 5.56 Å². The third kappa shape index (κ3) is 4.36. The smallest absolute Gasteiger partial charge is 0.355 e. The summed E-state index contributed by atoms with van der Waals surface area (Å²) in [5, 5.41) is 8.60. The summed E-state index contributed by atoms with van der Waals surface area (Å²) in [5.74, 6) is 1.85. The highest BCUT2D eigenvalue weighted by molar-refractivity contribution is 7.93. The maximum Gasteiger partial charge on any atom is 0.355 e. The predicted octanol–water partition coefficient (Wildman–Crippen LogP) is 1.39. The Morgan fingerprint density at radius 1 is 1.45 bits per heavy atom. The number of benzene rings is 1. The van der Waals surface area contributed by atoms with Crippen LogP contribution in [0.15, 0.2) is 18.2 Å². The largest absolute Gasteiger partial charge is 0.495 e. The molecule has 20 heavy (non-hydrogen) atoms. The first-order valence-corrected chi connectivity index (χ1v) is 7.03. The fourth-order valence-corrected chi connectivity index (χ4v) is 1.84. The molecule has 1 aromatic rings. The van der Waals surface area contributed by atoms with Gasteiger partial charge in [0.2, 0.25) is 0 Å². The summed E-state index contributed by atoms with van der Waals surface area (Å²) in [6, 6.07) is 4.23. The standard InChI is InChI=1S/C12H13F2NO4S/c1-19-11-6-5-9(4-2-3-7-16)8-10(11)15-20(17,18)12(13)14/h5-6,8,12,15-16H,3,7H2,1H3. The number of aliphatic hydroxyl groups is 1. The first kappa shape index (κ1) is 16.2. The molecule has 0 radical (unpaired) electrons. The highest BCUT2D eigenvalue weighted by Crippen LogP contribution is 2.27. The number of sulfonamides is 1. The molecule has 0 aromatic heterocycles. The summed E-state index contributed by atoms with van der Waals surface area (Å²) in [6.07, 6.45) is 0.254. The Hall–Kier alpha value is -1.85. The second-order valence-electron chi connectivity index (χ2n) is 3.60. The number of rotatable bonds is 5. The van der Waals surface area contributed by atoms with Crippen molar-refractivity contribution in [2.75, 3.05) is 18.4 Å². The quantitative estimate of drug-likeness (QED) is 0.806. The Labute approximate surface area is 115 Å². The molecule has 0 aliphatic carbocycles. The van der Waals surface area contributed by atoms with Gasteiger partial charge < -0.3 is 9.84 Å². The van der Waals surface area contributed by atoms with E-state index in [1.807, 2.05) is 0 Å². The Kier molecular flexibility index (Phi) is 5.73. The molecule has 2 N–H and O–H groups in total. The summed E-state index contributed by atoms with van der Waals surface area (Å²) in [6.45, 7) is -0.103. The highest BCUT2D eigenvalue weighted by Gasteiger charge is 2.25. The second kappa shape index (κ2) is 7.07. The van der Waals surface area contributed by atoms with Gasteiger partial charge in [0.1, 0.15) is 5.75 Å². The van der Waals surface area contributed by atoms with Gasteiger partial charge in [-0.05, 0) is 18.2 Å². The van der Waals surface area contributed by atoms with Gasteiger partial charge in [-0.2, -0.15) is 8.78 Å². The average molecular weight is 305 g/mol. The van der Waals surface area contributed by atoms with Crippen LogP contribution in [0, 0.1) is 11.8 Å². The Balaban J connectivity index is 3.11.